The van der Waals surface area contributed by atoms with Crippen molar-refractivity contribution in [2.24, 2.45) is 17.8 Å². The first-order valence-electron chi connectivity index (χ1n) is 12.7. The van der Waals surface area contributed by atoms with E-state index in [1.165, 1.54) is 11.6 Å². The van der Waals surface area contributed by atoms with Crippen LogP contribution in [0.2, 0.25) is 0 Å². The van der Waals surface area contributed by atoms with Crippen molar-refractivity contribution in [3.05, 3.63) is 59.2 Å². The van der Waals surface area contributed by atoms with Crippen molar-refractivity contribution in [3.8, 4) is 0 Å². The van der Waals surface area contributed by atoms with Gasteiger partial charge in [-0.15, -0.1) is 0 Å². The standard InChI is InChI=1S/C27H33FN4O3/c1-2-3-4-18-5-7-24(29-14-18)27(34)32-16-21-20(22(21)17-32)15-30-26(33)19-6-8-25(23(28)13-19)31-9-11-35-12-10-31/h5-8,13-14,20-22H,2-4,9-12,15-17H2,1H3,(H,30,33). The largest absolute Gasteiger partial charge is 0.378 e. The van der Waals surface area contributed by atoms with Gasteiger partial charge in [0.15, 0.2) is 0 Å². The molecule has 35 heavy (non-hydrogen) atoms. The van der Waals surface area contributed by atoms with E-state index < -0.39 is 0 Å². The average molecular weight is 481 g/mol. The number of benzene rings is 1. The Hall–Kier alpha value is -3.00. The van der Waals surface area contributed by atoms with Crippen molar-refractivity contribution in [2.45, 2.75) is 26.2 Å². The number of hydrogen-bond acceptors (Lipinski definition) is 5. The number of piperidine rings is 1. The fourth-order valence-corrected chi connectivity index (χ4v) is 5.38. The summed E-state index contributed by atoms with van der Waals surface area (Å²) in [6.07, 6.45) is 5.06. The molecule has 2 unspecified atom stereocenters. The SMILES string of the molecule is CCCCc1ccc(C(=O)N2CC3C(CNC(=O)c4ccc(N5CCOCC5)c(F)c4)C3C2)nc1. The molecule has 2 saturated heterocycles. The van der Waals surface area contributed by atoms with Crippen molar-refractivity contribution in [1.82, 2.24) is 15.2 Å². The summed E-state index contributed by atoms with van der Waals surface area (Å²) in [4.78, 5) is 33.6. The molecule has 7 nitrogen and oxygen atoms in total. The first-order chi connectivity index (χ1) is 17.0. The molecule has 0 spiro atoms. The minimum absolute atomic E-state index is 0.0159. The molecule has 2 amide bonds. The summed E-state index contributed by atoms with van der Waals surface area (Å²) in [5.74, 6) is 0.515. The number of ether oxygens (including phenoxy) is 1. The van der Waals surface area contributed by atoms with Gasteiger partial charge in [-0.1, -0.05) is 19.4 Å². The lowest BCUT2D eigenvalue weighted by atomic mass is 10.1. The van der Waals surface area contributed by atoms with Crippen LogP contribution < -0.4 is 10.2 Å². The van der Waals surface area contributed by atoms with Gasteiger partial charge in [-0.2, -0.15) is 0 Å². The Morgan fingerprint density at radius 1 is 1.14 bits per heavy atom. The van der Waals surface area contributed by atoms with Crippen molar-refractivity contribution < 1.29 is 18.7 Å². The van der Waals surface area contributed by atoms with E-state index in [2.05, 4.69) is 17.2 Å². The number of anilines is 1. The number of nitrogens with one attached hydrogen (secondary N) is 1. The van der Waals surface area contributed by atoms with Crippen LogP contribution in [0.25, 0.3) is 0 Å². The number of nitrogens with zero attached hydrogens (tertiary/aromatic N) is 3. The van der Waals surface area contributed by atoms with Crippen LogP contribution in [0.1, 0.15) is 46.2 Å². The Kier molecular flexibility index (Phi) is 7.00. The summed E-state index contributed by atoms with van der Waals surface area (Å²) >= 11 is 0. The third-order valence-electron chi connectivity index (χ3n) is 7.58. The van der Waals surface area contributed by atoms with Gasteiger partial charge in [0.05, 0.1) is 18.9 Å². The van der Waals surface area contributed by atoms with Crippen LogP contribution >= 0.6 is 0 Å². The second-order valence-electron chi connectivity index (χ2n) is 9.83. The molecule has 3 aliphatic rings. The van der Waals surface area contributed by atoms with Gasteiger partial charge in [0.1, 0.15) is 11.5 Å². The van der Waals surface area contributed by atoms with E-state index >= 15 is 0 Å². The Morgan fingerprint density at radius 3 is 2.57 bits per heavy atom. The number of likely N-dealkylation sites (tertiary alicyclic amines) is 1. The van der Waals surface area contributed by atoms with Crippen LogP contribution in [0.4, 0.5) is 10.1 Å². The molecule has 1 N–H and O–H groups in total. The number of halogens is 1. The highest BCUT2D eigenvalue weighted by Crippen LogP contribution is 2.51. The van der Waals surface area contributed by atoms with E-state index in [9.17, 15) is 14.0 Å². The maximum atomic E-state index is 14.6. The van der Waals surface area contributed by atoms with Gasteiger partial charge in [-0.3, -0.25) is 14.6 Å². The molecule has 1 aromatic carbocycles. The molecular weight excluding hydrogens is 447 g/mol. The van der Waals surface area contributed by atoms with Crippen molar-refractivity contribution in [2.75, 3.05) is 50.8 Å². The topological polar surface area (TPSA) is 74.8 Å². The monoisotopic (exact) mass is 480 g/mol. The highest BCUT2D eigenvalue weighted by molar-refractivity contribution is 5.94. The number of unbranched alkanes of at least 4 members (excludes halogenated alkanes) is 1. The molecule has 186 valence electrons. The smallest absolute Gasteiger partial charge is 0.272 e. The van der Waals surface area contributed by atoms with Crippen LogP contribution in [0.3, 0.4) is 0 Å². The Balaban J connectivity index is 1.08. The molecule has 1 aromatic heterocycles. The zero-order valence-electron chi connectivity index (χ0n) is 20.2. The molecule has 2 aliphatic heterocycles. The highest BCUT2D eigenvalue weighted by Gasteiger charge is 2.56. The predicted octanol–water partition coefficient (Wildman–Crippen LogP) is 3.15. The fraction of sp³-hybridized carbons (Fsp3) is 0.519. The number of rotatable bonds is 8. The van der Waals surface area contributed by atoms with E-state index in [1.54, 1.807) is 12.1 Å². The molecule has 2 aromatic rings. The number of aryl methyl sites for hydroxylation is 1. The maximum absolute atomic E-state index is 14.6. The van der Waals surface area contributed by atoms with Gasteiger partial charge in [0.25, 0.3) is 11.8 Å². The number of morpholine rings is 1. The van der Waals surface area contributed by atoms with Crippen LogP contribution in [0.5, 0.6) is 0 Å². The summed E-state index contributed by atoms with van der Waals surface area (Å²) in [7, 11) is 0. The lowest BCUT2D eigenvalue weighted by molar-refractivity contribution is 0.0759. The number of hydrogen-bond donors (Lipinski definition) is 1. The Bertz CT molecular complexity index is 1060. The van der Waals surface area contributed by atoms with Gasteiger partial charge in [0.2, 0.25) is 0 Å². The number of aromatic nitrogens is 1. The first-order valence-corrected chi connectivity index (χ1v) is 12.7. The number of carbonyl (C=O) groups excluding carboxylic acids is 2. The van der Waals surface area contributed by atoms with Crippen LogP contribution in [0, 0.1) is 23.6 Å². The number of pyridine rings is 1. The van der Waals surface area contributed by atoms with Crippen molar-refractivity contribution in [3.63, 3.8) is 0 Å². The minimum Gasteiger partial charge on any atom is -0.378 e. The Labute approximate surface area is 205 Å². The zero-order chi connectivity index (χ0) is 24.4. The van der Waals surface area contributed by atoms with Gasteiger partial charge >= 0.3 is 0 Å². The molecule has 3 heterocycles. The quantitative estimate of drug-likeness (QED) is 0.628. The molecule has 2 atom stereocenters. The second kappa shape index (κ2) is 10.3. The second-order valence-corrected chi connectivity index (χ2v) is 9.83. The van der Waals surface area contributed by atoms with E-state index in [0.717, 1.165) is 19.3 Å². The van der Waals surface area contributed by atoms with Gasteiger partial charge in [-0.25, -0.2) is 4.39 Å². The molecule has 5 rings (SSSR count). The zero-order valence-corrected chi connectivity index (χ0v) is 20.2. The number of amides is 2. The van der Waals surface area contributed by atoms with Gasteiger partial charge in [-0.05, 0) is 60.4 Å². The van der Waals surface area contributed by atoms with Crippen LogP contribution in [0.15, 0.2) is 36.5 Å². The van der Waals surface area contributed by atoms with Crippen molar-refractivity contribution >= 4 is 17.5 Å². The Morgan fingerprint density at radius 2 is 1.91 bits per heavy atom. The molecule has 0 bridgehead atoms. The predicted molar refractivity (Wildman–Crippen MR) is 131 cm³/mol. The summed E-state index contributed by atoms with van der Waals surface area (Å²) in [5.41, 5.74) is 2.50. The van der Waals surface area contributed by atoms with Crippen LogP contribution in [-0.2, 0) is 11.2 Å². The molecule has 8 heteroatoms. The van der Waals surface area contributed by atoms with E-state index in [1.807, 2.05) is 28.1 Å². The summed E-state index contributed by atoms with van der Waals surface area (Å²) in [6, 6.07) is 8.50. The number of fused-ring (bicyclic) bond motifs is 1. The molecular formula is C27H33FN4O3. The third kappa shape index (κ3) is 5.17. The minimum atomic E-state index is -0.385. The normalized spacial score (nSPS) is 23.2. The fourth-order valence-electron chi connectivity index (χ4n) is 5.38. The third-order valence-corrected chi connectivity index (χ3v) is 7.58. The molecule has 1 aliphatic carbocycles. The van der Waals surface area contributed by atoms with E-state index in [4.69, 9.17) is 4.74 Å². The maximum Gasteiger partial charge on any atom is 0.272 e. The van der Waals surface area contributed by atoms with Crippen LogP contribution in [-0.4, -0.2) is 67.6 Å². The van der Waals surface area contributed by atoms with Crippen molar-refractivity contribution in [1.29, 1.82) is 0 Å². The molecule has 3 fully saturated rings. The molecule has 0 radical (unpaired) electrons. The summed E-state index contributed by atoms with van der Waals surface area (Å²) in [6.45, 7) is 6.56. The first kappa shape index (κ1) is 23.7. The van der Waals surface area contributed by atoms with Gasteiger partial charge < -0.3 is 19.9 Å². The van der Waals surface area contributed by atoms with Gasteiger partial charge in [0, 0.05) is 44.5 Å². The van der Waals surface area contributed by atoms with E-state index in [0.29, 0.717) is 80.6 Å². The lowest BCUT2D eigenvalue weighted by Crippen LogP contribution is -2.37. The van der Waals surface area contributed by atoms with E-state index in [-0.39, 0.29) is 17.6 Å². The molecule has 1 saturated carbocycles. The average Bonchev–Trinajstić information content (AvgIpc) is 3.34. The summed E-state index contributed by atoms with van der Waals surface area (Å²) in [5, 5.41) is 2.96. The summed E-state index contributed by atoms with van der Waals surface area (Å²) < 4.78 is 19.9. The lowest BCUT2D eigenvalue weighted by Gasteiger charge is -2.29. The highest BCUT2D eigenvalue weighted by atomic mass is 19.1. The number of carbonyl (C=O) groups is 2.